The van der Waals surface area contributed by atoms with Crippen molar-refractivity contribution in [2.75, 3.05) is 9.80 Å². The number of anilines is 6. The molecule has 292 valence electrons. The Bertz CT molecular complexity index is 3320. The summed E-state index contributed by atoms with van der Waals surface area (Å²) in [6.45, 7) is 0. The minimum absolute atomic E-state index is 0.563. The van der Waals surface area contributed by atoms with Crippen LogP contribution in [0.4, 0.5) is 34.1 Å². The molecule has 1 spiro atoms. The zero-order chi connectivity index (χ0) is 42.1. The quantitative estimate of drug-likeness (QED) is 0.168. The van der Waals surface area contributed by atoms with Crippen LogP contribution in [0.1, 0.15) is 33.4 Å². The first-order valence-corrected chi connectivity index (χ1v) is 21.2. The van der Waals surface area contributed by atoms with Gasteiger partial charge in [0.15, 0.2) is 0 Å². The maximum Gasteiger partial charge on any atom is 0.0992 e. The van der Waals surface area contributed by atoms with Crippen molar-refractivity contribution in [2.45, 2.75) is 5.41 Å². The van der Waals surface area contributed by atoms with Crippen LogP contribution >= 0.6 is 0 Å². The van der Waals surface area contributed by atoms with E-state index in [1.807, 2.05) is 48.5 Å². The predicted octanol–water partition coefficient (Wildman–Crippen LogP) is 15.0. The van der Waals surface area contributed by atoms with Crippen molar-refractivity contribution >= 4 is 55.7 Å². The fourth-order valence-corrected chi connectivity index (χ4v) is 10.4. The van der Waals surface area contributed by atoms with Crippen LogP contribution in [0.15, 0.2) is 218 Å². The monoisotopic (exact) mass is 800 g/mol. The summed E-state index contributed by atoms with van der Waals surface area (Å²) in [5.41, 5.74) is 16.7. The van der Waals surface area contributed by atoms with E-state index in [9.17, 15) is 10.5 Å². The van der Waals surface area contributed by atoms with E-state index in [4.69, 9.17) is 0 Å². The highest BCUT2D eigenvalue weighted by molar-refractivity contribution is 6.04. The van der Waals surface area contributed by atoms with Crippen LogP contribution in [-0.2, 0) is 5.41 Å². The molecule has 0 amide bonds. The molecule has 10 aromatic carbocycles. The number of fused-ring (bicyclic) bond motifs is 12. The van der Waals surface area contributed by atoms with Crippen LogP contribution in [-0.4, -0.2) is 0 Å². The Labute approximate surface area is 366 Å². The van der Waals surface area contributed by atoms with Crippen LogP contribution in [0.3, 0.4) is 0 Å². The molecule has 0 saturated heterocycles. The third-order valence-corrected chi connectivity index (χ3v) is 13.0. The van der Waals surface area contributed by atoms with Crippen LogP contribution in [0.25, 0.3) is 43.8 Å². The third-order valence-electron chi connectivity index (χ3n) is 13.0. The largest absolute Gasteiger partial charge is 0.310 e. The number of para-hydroxylation sites is 2. The molecule has 0 saturated carbocycles. The highest BCUT2D eigenvalue weighted by atomic mass is 15.1. The molecule has 0 aromatic heterocycles. The molecular weight excluding hydrogens is 765 g/mol. The number of hydrogen-bond donors (Lipinski definition) is 0. The van der Waals surface area contributed by atoms with Crippen molar-refractivity contribution in [3.05, 3.63) is 252 Å². The Morgan fingerprint density at radius 3 is 1.13 bits per heavy atom. The van der Waals surface area contributed by atoms with Gasteiger partial charge in [0.2, 0.25) is 0 Å². The molecule has 0 aliphatic heterocycles. The molecule has 2 aliphatic rings. The molecular formula is C59H36N4. The van der Waals surface area contributed by atoms with E-state index in [0.29, 0.717) is 11.1 Å². The smallest absolute Gasteiger partial charge is 0.0992 e. The van der Waals surface area contributed by atoms with Gasteiger partial charge in [-0.3, -0.25) is 0 Å². The minimum Gasteiger partial charge on any atom is -0.310 e. The van der Waals surface area contributed by atoms with E-state index >= 15 is 0 Å². The molecule has 0 unspecified atom stereocenters. The normalized spacial score (nSPS) is 12.5. The summed E-state index contributed by atoms with van der Waals surface area (Å²) >= 11 is 0. The van der Waals surface area contributed by atoms with E-state index in [1.165, 1.54) is 44.5 Å². The Morgan fingerprint density at radius 1 is 0.286 bits per heavy atom. The van der Waals surface area contributed by atoms with E-state index < -0.39 is 5.41 Å². The Morgan fingerprint density at radius 2 is 0.683 bits per heavy atom. The van der Waals surface area contributed by atoms with E-state index in [2.05, 4.69) is 192 Å². The summed E-state index contributed by atoms with van der Waals surface area (Å²) < 4.78 is 0. The number of benzene rings is 10. The second-order valence-corrected chi connectivity index (χ2v) is 16.4. The lowest BCUT2D eigenvalue weighted by molar-refractivity contribution is 0.796. The van der Waals surface area contributed by atoms with Gasteiger partial charge in [0.05, 0.1) is 28.7 Å². The standard InChI is InChI=1S/C59H36N4/c60-37-39-13-11-19-47(29-39)62(45-15-3-1-4-16-45)49-27-25-41-33-53-54-34-42-26-28-50(63(46-17-5-2-6-18-46)48-20-12-14-40(30-48)38-61)32-44(42)36-58(54)59(57(53)35-43(41)31-49)55-23-9-7-21-51(55)52-22-8-10-24-56(52)59/h1-36H. The van der Waals surface area contributed by atoms with Gasteiger partial charge in [-0.15, -0.1) is 0 Å². The van der Waals surface area contributed by atoms with Crippen molar-refractivity contribution < 1.29 is 0 Å². The molecule has 0 fully saturated rings. The molecule has 4 heteroatoms. The van der Waals surface area contributed by atoms with Crippen LogP contribution in [0, 0.1) is 22.7 Å². The van der Waals surface area contributed by atoms with Crippen molar-refractivity contribution in [1.82, 2.24) is 0 Å². The summed E-state index contributed by atoms with van der Waals surface area (Å²) in [6, 6.07) is 82.1. The first-order valence-electron chi connectivity index (χ1n) is 21.2. The van der Waals surface area contributed by atoms with Gasteiger partial charge >= 0.3 is 0 Å². The zero-order valence-corrected chi connectivity index (χ0v) is 34.1. The fraction of sp³-hybridized carbons (Fsp3) is 0.0169. The summed E-state index contributed by atoms with van der Waals surface area (Å²) in [5, 5.41) is 24.3. The first-order chi connectivity index (χ1) is 31.1. The summed E-state index contributed by atoms with van der Waals surface area (Å²) in [6.07, 6.45) is 0. The molecule has 4 nitrogen and oxygen atoms in total. The predicted molar refractivity (Wildman–Crippen MR) is 257 cm³/mol. The van der Waals surface area contributed by atoms with Crippen molar-refractivity contribution in [1.29, 1.82) is 10.5 Å². The molecule has 0 atom stereocenters. The van der Waals surface area contributed by atoms with Gasteiger partial charge in [0.1, 0.15) is 0 Å². The Hall–Kier alpha value is -8.70. The molecule has 0 N–H and O–H groups in total. The van der Waals surface area contributed by atoms with Gasteiger partial charge in [-0.2, -0.15) is 10.5 Å². The Kier molecular flexibility index (Phi) is 8.16. The lowest BCUT2D eigenvalue weighted by Gasteiger charge is -2.31. The van der Waals surface area contributed by atoms with E-state index in [1.54, 1.807) is 0 Å². The number of hydrogen-bond acceptors (Lipinski definition) is 4. The molecule has 12 rings (SSSR count). The number of nitrogens with zero attached hydrogens (tertiary/aromatic N) is 4. The van der Waals surface area contributed by atoms with Gasteiger partial charge in [-0.1, -0.05) is 109 Å². The van der Waals surface area contributed by atoms with Gasteiger partial charge in [0.25, 0.3) is 0 Å². The molecule has 0 bridgehead atoms. The molecule has 2 aliphatic carbocycles. The number of nitriles is 2. The summed E-state index contributed by atoms with van der Waals surface area (Å²) in [7, 11) is 0. The van der Waals surface area contributed by atoms with Gasteiger partial charge in [-0.05, 0) is 175 Å². The lowest BCUT2D eigenvalue weighted by atomic mass is 9.70. The van der Waals surface area contributed by atoms with Gasteiger partial charge in [-0.25, -0.2) is 0 Å². The van der Waals surface area contributed by atoms with Crippen LogP contribution in [0.5, 0.6) is 0 Å². The summed E-state index contributed by atoms with van der Waals surface area (Å²) in [5.74, 6) is 0. The molecule has 63 heavy (non-hydrogen) atoms. The fourth-order valence-electron chi connectivity index (χ4n) is 10.4. The second kappa shape index (κ2) is 14.2. The summed E-state index contributed by atoms with van der Waals surface area (Å²) in [4.78, 5) is 4.47. The van der Waals surface area contributed by atoms with E-state index in [0.717, 1.165) is 55.7 Å². The highest BCUT2D eigenvalue weighted by Crippen LogP contribution is 2.64. The maximum absolute atomic E-state index is 9.86. The average molecular weight is 801 g/mol. The van der Waals surface area contributed by atoms with Gasteiger partial charge < -0.3 is 9.80 Å². The maximum atomic E-state index is 9.86. The molecule has 0 radical (unpaired) electrons. The first kappa shape index (κ1) is 36.2. The average Bonchev–Trinajstić information content (AvgIpc) is 3.79. The topological polar surface area (TPSA) is 54.1 Å². The third kappa shape index (κ3) is 5.53. The Balaban J connectivity index is 1.10. The lowest BCUT2D eigenvalue weighted by Crippen LogP contribution is -2.25. The SMILES string of the molecule is N#Cc1cccc(N(c2ccccc2)c2ccc3cc4c(cc3c2)C2(c3ccccc3-c3ccccc32)c2cc3cc(N(c5ccccc5)c5cccc(C#N)c5)ccc3cc2-4)c1. The highest BCUT2D eigenvalue weighted by Gasteiger charge is 2.51. The van der Waals surface area contributed by atoms with Crippen LogP contribution in [0.2, 0.25) is 0 Å². The van der Waals surface area contributed by atoms with E-state index in [-0.39, 0.29) is 0 Å². The van der Waals surface area contributed by atoms with Crippen molar-refractivity contribution in [3.63, 3.8) is 0 Å². The molecule has 0 heterocycles. The van der Waals surface area contributed by atoms with Crippen LogP contribution < -0.4 is 9.80 Å². The van der Waals surface area contributed by atoms with Crippen molar-refractivity contribution in [2.24, 2.45) is 0 Å². The van der Waals surface area contributed by atoms with Gasteiger partial charge in [0, 0.05) is 34.1 Å². The van der Waals surface area contributed by atoms with Crippen molar-refractivity contribution in [3.8, 4) is 34.4 Å². The minimum atomic E-state index is -0.563. The second-order valence-electron chi connectivity index (χ2n) is 16.4. The number of rotatable bonds is 6. The zero-order valence-electron chi connectivity index (χ0n) is 34.1. The molecule has 10 aromatic rings.